The van der Waals surface area contributed by atoms with Crippen molar-refractivity contribution in [3.05, 3.63) is 48.0 Å². The fourth-order valence-electron chi connectivity index (χ4n) is 3.81. The van der Waals surface area contributed by atoms with Gasteiger partial charge in [0.1, 0.15) is 5.75 Å². The molecule has 4 rings (SSSR count). The van der Waals surface area contributed by atoms with E-state index in [0.717, 1.165) is 63.0 Å². The van der Waals surface area contributed by atoms with E-state index in [4.69, 9.17) is 14.5 Å². The molecule has 3 aromatic rings. The van der Waals surface area contributed by atoms with E-state index in [1.807, 2.05) is 36.4 Å². The molecule has 1 amide bonds. The number of para-hydroxylation sites is 1. The third-order valence-electron chi connectivity index (χ3n) is 5.56. The maximum atomic E-state index is 12.6. The minimum absolute atomic E-state index is 0.0699. The highest BCUT2D eigenvalue weighted by molar-refractivity contribution is 8.00. The number of carbonyl (C=O) groups excluding carboxylic acids is 1. The number of amides is 1. The standard InChI is InChI=1S/C23H26N2O3S2/c1-27-18-10-7-15(8-11-18)22(26)24-17-9-12-19-21(13-17)30-23(25-19)29-14-16-5-3-4-6-20(16)28-2/h3-6,9,12-13,15,18H,7-8,10-11,14H2,1-2H3,(H,24,26). The zero-order chi connectivity index (χ0) is 20.9. The van der Waals surface area contributed by atoms with E-state index in [1.54, 1.807) is 37.3 Å². The van der Waals surface area contributed by atoms with Gasteiger partial charge < -0.3 is 14.8 Å². The van der Waals surface area contributed by atoms with Crippen LogP contribution in [-0.4, -0.2) is 31.2 Å². The van der Waals surface area contributed by atoms with Crippen molar-refractivity contribution in [2.75, 3.05) is 19.5 Å². The Morgan fingerprint density at radius 1 is 1.17 bits per heavy atom. The fourth-order valence-corrected chi connectivity index (χ4v) is 5.91. The molecule has 5 nitrogen and oxygen atoms in total. The monoisotopic (exact) mass is 442 g/mol. The fraction of sp³-hybridized carbons (Fsp3) is 0.391. The zero-order valence-electron chi connectivity index (χ0n) is 17.2. The van der Waals surface area contributed by atoms with Gasteiger partial charge in [-0.25, -0.2) is 4.98 Å². The van der Waals surface area contributed by atoms with Crippen molar-refractivity contribution < 1.29 is 14.3 Å². The van der Waals surface area contributed by atoms with Crippen LogP contribution in [0.1, 0.15) is 31.2 Å². The van der Waals surface area contributed by atoms with Crippen molar-refractivity contribution >= 4 is 44.9 Å². The SMILES string of the molecule is COc1ccccc1CSc1nc2ccc(NC(=O)C3CCC(OC)CC3)cc2s1. The van der Waals surface area contributed by atoms with Crippen molar-refractivity contribution in [3.63, 3.8) is 0 Å². The number of hydrogen-bond acceptors (Lipinski definition) is 6. The smallest absolute Gasteiger partial charge is 0.227 e. The quantitative estimate of drug-likeness (QED) is 0.473. The maximum Gasteiger partial charge on any atom is 0.227 e. The van der Waals surface area contributed by atoms with Crippen LogP contribution in [0.25, 0.3) is 10.2 Å². The summed E-state index contributed by atoms with van der Waals surface area (Å²) in [6.07, 6.45) is 3.98. The number of aromatic nitrogens is 1. The third kappa shape index (κ3) is 4.96. The number of fused-ring (bicyclic) bond motifs is 1. The number of benzene rings is 2. The average Bonchev–Trinajstić information content (AvgIpc) is 3.20. The van der Waals surface area contributed by atoms with Crippen LogP contribution in [0, 0.1) is 5.92 Å². The highest BCUT2D eigenvalue weighted by Crippen LogP contribution is 2.35. The maximum absolute atomic E-state index is 12.6. The number of anilines is 1. The summed E-state index contributed by atoms with van der Waals surface area (Å²) in [6, 6.07) is 14.0. The van der Waals surface area contributed by atoms with E-state index >= 15 is 0 Å². The first kappa shape index (κ1) is 21.2. The Balaban J connectivity index is 1.39. The van der Waals surface area contributed by atoms with Crippen molar-refractivity contribution in [2.24, 2.45) is 5.92 Å². The second-order valence-electron chi connectivity index (χ2n) is 7.46. The first-order valence-electron chi connectivity index (χ1n) is 10.1. The first-order chi connectivity index (χ1) is 14.7. The molecule has 1 aromatic heterocycles. The zero-order valence-corrected chi connectivity index (χ0v) is 18.9. The van der Waals surface area contributed by atoms with Gasteiger partial charge in [0, 0.05) is 30.0 Å². The summed E-state index contributed by atoms with van der Waals surface area (Å²) in [6.45, 7) is 0. The van der Waals surface area contributed by atoms with Gasteiger partial charge in [-0.2, -0.15) is 0 Å². The van der Waals surface area contributed by atoms with Crippen molar-refractivity contribution in [2.45, 2.75) is 41.9 Å². The van der Waals surface area contributed by atoms with Crippen LogP contribution in [-0.2, 0) is 15.3 Å². The Kier molecular flexibility index (Phi) is 6.92. The number of hydrogen-bond donors (Lipinski definition) is 1. The number of rotatable bonds is 7. The van der Waals surface area contributed by atoms with Crippen LogP contribution in [0.5, 0.6) is 5.75 Å². The van der Waals surface area contributed by atoms with Gasteiger partial charge in [-0.1, -0.05) is 30.0 Å². The van der Waals surface area contributed by atoms with Gasteiger partial charge in [0.05, 0.1) is 23.4 Å². The second kappa shape index (κ2) is 9.81. The third-order valence-corrected chi connectivity index (χ3v) is 7.77. The molecule has 0 aliphatic heterocycles. The van der Waals surface area contributed by atoms with Gasteiger partial charge in [-0.15, -0.1) is 11.3 Å². The van der Waals surface area contributed by atoms with Gasteiger partial charge >= 0.3 is 0 Å². The molecule has 1 saturated carbocycles. The van der Waals surface area contributed by atoms with Crippen LogP contribution in [0.2, 0.25) is 0 Å². The molecule has 1 N–H and O–H groups in total. The molecular formula is C23H26N2O3S2. The molecule has 0 saturated heterocycles. The predicted molar refractivity (Wildman–Crippen MR) is 124 cm³/mol. The van der Waals surface area contributed by atoms with E-state index < -0.39 is 0 Å². The highest BCUT2D eigenvalue weighted by Gasteiger charge is 2.26. The number of nitrogens with zero attached hydrogens (tertiary/aromatic N) is 1. The molecule has 0 atom stereocenters. The van der Waals surface area contributed by atoms with Gasteiger partial charge in [-0.05, 0) is 49.9 Å². The Bertz CT molecular complexity index is 1010. The molecular weight excluding hydrogens is 416 g/mol. The number of thioether (sulfide) groups is 1. The lowest BCUT2D eigenvalue weighted by Gasteiger charge is -2.26. The molecule has 1 aliphatic carbocycles. The molecule has 1 fully saturated rings. The van der Waals surface area contributed by atoms with Crippen molar-refractivity contribution in [1.82, 2.24) is 4.98 Å². The normalized spacial score (nSPS) is 19.0. The average molecular weight is 443 g/mol. The Labute approximate surface area is 185 Å². The lowest BCUT2D eigenvalue weighted by molar-refractivity contribution is -0.121. The number of methoxy groups -OCH3 is 2. The molecule has 1 aliphatic rings. The molecule has 0 radical (unpaired) electrons. The molecule has 2 aromatic carbocycles. The molecule has 0 spiro atoms. The minimum atomic E-state index is 0.0699. The molecule has 158 valence electrons. The van der Waals surface area contributed by atoms with E-state index in [0.29, 0.717) is 6.10 Å². The van der Waals surface area contributed by atoms with Crippen LogP contribution in [0.15, 0.2) is 46.8 Å². The number of carbonyl (C=O) groups is 1. The largest absolute Gasteiger partial charge is 0.496 e. The summed E-state index contributed by atoms with van der Waals surface area (Å²) >= 11 is 3.36. The first-order valence-corrected chi connectivity index (χ1v) is 12.0. The summed E-state index contributed by atoms with van der Waals surface area (Å²) in [4.78, 5) is 17.4. The molecule has 0 unspecified atom stereocenters. The summed E-state index contributed by atoms with van der Waals surface area (Å²) in [5.41, 5.74) is 2.95. The van der Waals surface area contributed by atoms with E-state index in [1.165, 1.54) is 0 Å². The Morgan fingerprint density at radius 2 is 1.97 bits per heavy atom. The minimum Gasteiger partial charge on any atom is -0.496 e. The number of thiazole rings is 1. The van der Waals surface area contributed by atoms with Gasteiger partial charge in [-0.3, -0.25) is 4.79 Å². The van der Waals surface area contributed by atoms with E-state index in [-0.39, 0.29) is 11.8 Å². The Hall–Kier alpha value is -2.09. The predicted octanol–water partition coefficient (Wildman–Crippen LogP) is 5.74. The van der Waals surface area contributed by atoms with E-state index in [2.05, 4.69) is 11.4 Å². The summed E-state index contributed by atoms with van der Waals surface area (Å²) in [5, 5.41) is 3.09. The second-order valence-corrected chi connectivity index (χ2v) is 9.71. The summed E-state index contributed by atoms with van der Waals surface area (Å²) < 4.78 is 12.9. The number of ether oxygens (including phenoxy) is 2. The van der Waals surface area contributed by atoms with Crippen molar-refractivity contribution in [1.29, 1.82) is 0 Å². The molecule has 7 heteroatoms. The molecule has 0 bridgehead atoms. The van der Waals surface area contributed by atoms with E-state index in [9.17, 15) is 4.79 Å². The van der Waals surface area contributed by atoms with Crippen molar-refractivity contribution in [3.8, 4) is 5.75 Å². The summed E-state index contributed by atoms with van der Waals surface area (Å²) in [7, 11) is 3.44. The molecule has 1 heterocycles. The van der Waals surface area contributed by atoms with Crippen LogP contribution in [0.3, 0.4) is 0 Å². The van der Waals surface area contributed by atoms with Gasteiger partial charge in [0.15, 0.2) is 4.34 Å². The lowest BCUT2D eigenvalue weighted by atomic mass is 9.87. The Morgan fingerprint density at radius 3 is 2.73 bits per heavy atom. The van der Waals surface area contributed by atoms with Crippen LogP contribution in [0.4, 0.5) is 5.69 Å². The lowest BCUT2D eigenvalue weighted by Crippen LogP contribution is -2.29. The summed E-state index contributed by atoms with van der Waals surface area (Å²) in [5.74, 6) is 1.88. The highest BCUT2D eigenvalue weighted by atomic mass is 32.2. The van der Waals surface area contributed by atoms with Crippen LogP contribution >= 0.6 is 23.1 Å². The van der Waals surface area contributed by atoms with Gasteiger partial charge in [0.2, 0.25) is 5.91 Å². The topological polar surface area (TPSA) is 60.5 Å². The molecule has 30 heavy (non-hydrogen) atoms. The van der Waals surface area contributed by atoms with Crippen LogP contribution < -0.4 is 10.1 Å². The number of nitrogens with one attached hydrogen (secondary N) is 1. The van der Waals surface area contributed by atoms with Gasteiger partial charge in [0.25, 0.3) is 0 Å².